The van der Waals surface area contributed by atoms with Gasteiger partial charge in [0.15, 0.2) is 0 Å². The molecule has 2 atom stereocenters. The average molecular weight is 285 g/mol. The lowest BCUT2D eigenvalue weighted by atomic mass is 10.1. The molecule has 1 aliphatic rings. The van der Waals surface area contributed by atoms with E-state index in [9.17, 15) is 9.59 Å². The van der Waals surface area contributed by atoms with Crippen molar-refractivity contribution in [3.05, 3.63) is 0 Å². The van der Waals surface area contributed by atoms with E-state index in [0.717, 1.165) is 0 Å². The van der Waals surface area contributed by atoms with Gasteiger partial charge in [0, 0.05) is 19.1 Å². The van der Waals surface area contributed by atoms with Gasteiger partial charge in [-0.1, -0.05) is 13.8 Å². The van der Waals surface area contributed by atoms with Crippen molar-refractivity contribution in [3.63, 3.8) is 0 Å². The number of amides is 2. The third-order valence-corrected chi connectivity index (χ3v) is 3.65. The minimum absolute atomic E-state index is 0.0259. The molecule has 0 aromatic carbocycles. The summed E-state index contributed by atoms with van der Waals surface area (Å²) in [5.41, 5.74) is 0. The number of ether oxygens (including phenoxy) is 1. The highest BCUT2D eigenvalue weighted by Crippen LogP contribution is 2.01. The number of nitrogens with zero attached hydrogens (tertiary/aromatic N) is 1. The molecule has 2 unspecified atom stereocenters. The number of hydrogen-bond donors (Lipinski definition) is 2. The lowest BCUT2D eigenvalue weighted by Gasteiger charge is -2.29. The van der Waals surface area contributed by atoms with Crippen LogP contribution in [0.4, 0.5) is 0 Å². The minimum atomic E-state index is -0.354. The number of carbonyl (C=O) groups is 2. The third kappa shape index (κ3) is 5.46. The molecule has 0 spiro atoms. The van der Waals surface area contributed by atoms with E-state index >= 15 is 0 Å². The van der Waals surface area contributed by atoms with Crippen LogP contribution in [0.5, 0.6) is 0 Å². The smallest absolute Gasteiger partial charge is 0.239 e. The van der Waals surface area contributed by atoms with Crippen molar-refractivity contribution in [1.82, 2.24) is 15.5 Å². The van der Waals surface area contributed by atoms with Crippen LogP contribution in [0.2, 0.25) is 0 Å². The zero-order valence-corrected chi connectivity index (χ0v) is 12.9. The van der Waals surface area contributed by atoms with Gasteiger partial charge in [-0.2, -0.15) is 0 Å². The molecule has 20 heavy (non-hydrogen) atoms. The standard InChI is InChI=1S/C14H27N3O3/c1-10(2)11(3)16-13(18)9-15-12(4)14(19)17-5-7-20-8-6-17/h10-12,15H,5-9H2,1-4H3,(H,16,18). The highest BCUT2D eigenvalue weighted by molar-refractivity contribution is 5.83. The van der Waals surface area contributed by atoms with Crippen LogP contribution in [0.15, 0.2) is 0 Å². The van der Waals surface area contributed by atoms with Gasteiger partial charge in [-0.25, -0.2) is 0 Å². The largest absolute Gasteiger partial charge is 0.378 e. The molecule has 1 heterocycles. The topological polar surface area (TPSA) is 70.7 Å². The van der Waals surface area contributed by atoms with Gasteiger partial charge in [0.05, 0.1) is 25.8 Å². The van der Waals surface area contributed by atoms with Gasteiger partial charge in [-0.05, 0) is 19.8 Å². The van der Waals surface area contributed by atoms with Crippen LogP contribution >= 0.6 is 0 Å². The maximum absolute atomic E-state index is 12.1. The molecule has 116 valence electrons. The van der Waals surface area contributed by atoms with Crippen LogP contribution < -0.4 is 10.6 Å². The van der Waals surface area contributed by atoms with E-state index in [1.807, 2.05) is 6.92 Å². The first-order valence-corrected chi connectivity index (χ1v) is 7.31. The fourth-order valence-corrected chi connectivity index (χ4v) is 1.86. The quantitative estimate of drug-likeness (QED) is 0.720. The van der Waals surface area contributed by atoms with E-state index < -0.39 is 0 Å². The van der Waals surface area contributed by atoms with Crippen molar-refractivity contribution in [2.75, 3.05) is 32.8 Å². The first-order chi connectivity index (χ1) is 9.41. The summed E-state index contributed by atoms with van der Waals surface area (Å²) in [6.45, 7) is 10.5. The molecule has 0 saturated carbocycles. The van der Waals surface area contributed by atoms with Crippen LogP contribution in [-0.2, 0) is 14.3 Å². The Bertz CT molecular complexity index is 328. The maximum Gasteiger partial charge on any atom is 0.239 e. The molecule has 0 aromatic heterocycles. The summed E-state index contributed by atoms with van der Waals surface area (Å²) in [4.78, 5) is 25.6. The first kappa shape index (κ1) is 16.9. The summed E-state index contributed by atoms with van der Waals surface area (Å²) in [6, 6.07) is -0.220. The summed E-state index contributed by atoms with van der Waals surface area (Å²) in [6.07, 6.45) is 0. The van der Waals surface area contributed by atoms with E-state index in [2.05, 4.69) is 24.5 Å². The van der Waals surface area contributed by atoms with Gasteiger partial charge in [0.25, 0.3) is 0 Å². The Labute approximate surface area is 121 Å². The summed E-state index contributed by atoms with van der Waals surface area (Å²) in [5.74, 6) is 0.345. The Morgan fingerprint density at radius 2 is 1.75 bits per heavy atom. The van der Waals surface area contributed by atoms with Crippen molar-refractivity contribution in [2.24, 2.45) is 5.92 Å². The number of rotatable bonds is 6. The van der Waals surface area contributed by atoms with Crippen molar-refractivity contribution in [1.29, 1.82) is 0 Å². The fourth-order valence-electron chi connectivity index (χ4n) is 1.86. The predicted octanol–water partition coefficient (Wildman–Crippen LogP) is -0.0160. The summed E-state index contributed by atoms with van der Waals surface area (Å²) >= 11 is 0. The van der Waals surface area contributed by atoms with Crippen LogP contribution in [0.25, 0.3) is 0 Å². The molecule has 1 saturated heterocycles. The van der Waals surface area contributed by atoms with E-state index in [0.29, 0.717) is 32.2 Å². The second-order valence-corrected chi connectivity index (χ2v) is 5.64. The molecule has 1 rings (SSSR count). The van der Waals surface area contributed by atoms with Gasteiger partial charge in [-0.15, -0.1) is 0 Å². The summed E-state index contributed by atoms with van der Waals surface area (Å²) < 4.78 is 5.22. The third-order valence-electron chi connectivity index (χ3n) is 3.65. The van der Waals surface area contributed by atoms with Gasteiger partial charge < -0.3 is 15.0 Å². The Kier molecular flexibility index (Phi) is 6.95. The number of hydrogen-bond acceptors (Lipinski definition) is 4. The Morgan fingerprint density at radius 1 is 1.15 bits per heavy atom. The molecular formula is C14H27N3O3. The fraction of sp³-hybridized carbons (Fsp3) is 0.857. The van der Waals surface area contributed by atoms with Gasteiger partial charge in [-0.3, -0.25) is 14.9 Å². The van der Waals surface area contributed by atoms with Crippen LogP contribution in [-0.4, -0.2) is 61.6 Å². The molecular weight excluding hydrogens is 258 g/mol. The molecule has 2 amide bonds. The predicted molar refractivity (Wildman–Crippen MR) is 77.3 cm³/mol. The van der Waals surface area contributed by atoms with Crippen LogP contribution in [0.1, 0.15) is 27.7 Å². The Balaban J connectivity index is 2.29. The van der Waals surface area contributed by atoms with E-state index in [-0.39, 0.29) is 30.4 Å². The van der Waals surface area contributed by atoms with Crippen molar-refractivity contribution >= 4 is 11.8 Å². The van der Waals surface area contributed by atoms with Gasteiger partial charge >= 0.3 is 0 Å². The van der Waals surface area contributed by atoms with E-state index in [4.69, 9.17) is 4.74 Å². The number of nitrogens with one attached hydrogen (secondary N) is 2. The molecule has 6 heteroatoms. The number of carbonyl (C=O) groups excluding carboxylic acids is 2. The first-order valence-electron chi connectivity index (χ1n) is 7.31. The normalized spacial score (nSPS) is 18.8. The lowest BCUT2D eigenvalue weighted by Crippen LogP contribution is -2.51. The molecule has 0 radical (unpaired) electrons. The molecule has 0 aliphatic carbocycles. The monoisotopic (exact) mass is 285 g/mol. The Hall–Kier alpha value is -1.14. The van der Waals surface area contributed by atoms with Crippen LogP contribution in [0, 0.1) is 5.92 Å². The molecule has 0 aromatic rings. The van der Waals surface area contributed by atoms with Crippen molar-refractivity contribution in [2.45, 2.75) is 39.8 Å². The van der Waals surface area contributed by atoms with E-state index in [1.165, 1.54) is 0 Å². The zero-order chi connectivity index (χ0) is 15.1. The second-order valence-electron chi connectivity index (χ2n) is 5.64. The highest BCUT2D eigenvalue weighted by atomic mass is 16.5. The van der Waals surface area contributed by atoms with Gasteiger partial charge in [0.1, 0.15) is 0 Å². The molecule has 2 N–H and O–H groups in total. The number of morpholine rings is 1. The Morgan fingerprint density at radius 3 is 2.30 bits per heavy atom. The lowest BCUT2D eigenvalue weighted by molar-refractivity contribution is -0.137. The summed E-state index contributed by atoms with van der Waals surface area (Å²) in [5, 5.41) is 5.89. The van der Waals surface area contributed by atoms with Crippen LogP contribution in [0.3, 0.4) is 0 Å². The highest BCUT2D eigenvalue weighted by Gasteiger charge is 2.22. The molecule has 6 nitrogen and oxygen atoms in total. The molecule has 1 fully saturated rings. The average Bonchev–Trinajstić information content (AvgIpc) is 2.44. The summed E-state index contributed by atoms with van der Waals surface area (Å²) in [7, 11) is 0. The van der Waals surface area contributed by atoms with Crippen molar-refractivity contribution < 1.29 is 14.3 Å². The van der Waals surface area contributed by atoms with E-state index in [1.54, 1.807) is 11.8 Å². The second kappa shape index (κ2) is 8.21. The van der Waals surface area contributed by atoms with Crippen molar-refractivity contribution in [3.8, 4) is 0 Å². The van der Waals surface area contributed by atoms with Gasteiger partial charge in [0.2, 0.25) is 11.8 Å². The zero-order valence-electron chi connectivity index (χ0n) is 12.9. The molecule has 0 bridgehead atoms. The molecule has 1 aliphatic heterocycles. The SMILES string of the molecule is CC(NCC(=O)NC(C)C(C)C)C(=O)N1CCOCC1. The minimum Gasteiger partial charge on any atom is -0.378 e. The maximum atomic E-state index is 12.1.